The van der Waals surface area contributed by atoms with Crippen LogP contribution in [0.3, 0.4) is 0 Å². The molecule has 39 heavy (non-hydrogen) atoms. The number of benzene rings is 3. The summed E-state index contributed by atoms with van der Waals surface area (Å²) < 4.78 is 6.02. The molecular weight excluding hydrogens is 486 g/mol. The van der Waals surface area contributed by atoms with Gasteiger partial charge in [0.15, 0.2) is 11.5 Å². The van der Waals surface area contributed by atoms with E-state index in [2.05, 4.69) is 17.4 Å². The van der Waals surface area contributed by atoms with Crippen molar-refractivity contribution in [3.8, 4) is 5.75 Å². The lowest BCUT2D eigenvalue weighted by Crippen LogP contribution is -3.11. The number of para-hydroxylation sites is 2. The van der Waals surface area contributed by atoms with Crippen molar-refractivity contribution >= 4 is 23.6 Å². The smallest absolute Gasteiger partial charge is 0.294 e. The SMILES string of the molecule is Cc1ccc(CN2C(=O)C(=Cc3ccc(C(=O)NCCC[NH+]4CCCCCC4)cc3)Oc3ccccc32)cc1. The van der Waals surface area contributed by atoms with Crippen molar-refractivity contribution in [1.29, 1.82) is 0 Å². The summed E-state index contributed by atoms with van der Waals surface area (Å²) in [6, 6.07) is 23.1. The fourth-order valence-electron chi connectivity index (χ4n) is 5.30. The molecule has 2 aliphatic rings. The average Bonchev–Trinajstić information content (AvgIpc) is 3.23. The Bertz CT molecular complexity index is 1310. The lowest BCUT2D eigenvalue weighted by molar-refractivity contribution is -0.899. The van der Waals surface area contributed by atoms with E-state index in [1.54, 1.807) is 28.0 Å². The molecular formula is C33H38N3O3+. The van der Waals surface area contributed by atoms with Gasteiger partial charge in [-0.25, -0.2) is 0 Å². The number of rotatable bonds is 8. The summed E-state index contributed by atoms with van der Waals surface area (Å²) >= 11 is 0. The number of carbonyl (C=O) groups is 2. The summed E-state index contributed by atoms with van der Waals surface area (Å²) in [5, 5.41) is 3.05. The third-order valence-corrected chi connectivity index (χ3v) is 7.57. The second kappa shape index (κ2) is 12.8. The molecule has 0 radical (unpaired) electrons. The summed E-state index contributed by atoms with van der Waals surface area (Å²) in [5.74, 6) is 0.647. The van der Waals surface area contributed by atoms with Gasteiger partial charge in [0.2, 0.25) is 0 Å². The van der Waals surface area contributed by atoms with Crippen molar-refractivity contribution in [3.05, 3.63) is 101 Å². The molecule has 1 saturated heterocycles. The number of ether oxygens (including phenoxy) is 1. The quantitative estimate of drug-likeness (QED) is 0.336. The topological polar surface area (TPSA) is 63.1 Å². The van der Waals surface area contributed by atoms with Crippen LogP contribution < -0.4 is 19.9 Å². The van der Waals surface area contributed by atoms with Crippen molar-refractivity contribution in [2.45, 2.75) is 45.6 Å². The number of hydrogen-bond acceptors (Lipinski definition) is 3. The molecule has 6 heteroatoms. The minimum absolute atomic E-state index is 0.0664. The van der Waals surface area contributed by atoms with Gasteiger partial charge >= 0.3 is 0 Å². The maximum atomic E-state index is 13.5. The zero-order valence-electron chi connectivity index (χ0n) is 22.7. The lowest BCUT2D eigenvalue weighted by Gasteiger charge is -2.30. The van der Waals surface area contributed by atoms with Gasteiger partial charge in [0.25, 0.3) is 11.8 Å². The van der Waals surface area contributed by atoms with Crippen LogP contribution in [0.1, 0.15) is 59.2 Å². The summed E-state index contributed by atoms with van der Waals surface area (Å²) in [4.78, 5) is 29.6. The van der Waals surface area contributed by atoms with E-state index in [4.69, 9.17) is 4.74 Å². The van der Waals surface area contributed by atoms with Crippen molar-refractivity contribution in [1.82, 2.24) is 5.32 Å². The summed E-state index contributed by atoms with van der Waals surface area (Å²) in [7, 11) is 0. The normalized spacial score (nSPS) is 16.9. The standard InChI is InChI=1S/C33H37N3O3/c1-25-11-13-27(14-12-25)24-36-29-9-4-5-10-30(29)39-31(33(36)38)23-26-15-17-28(18-16-26)32(37)34-19-8-22-35-20-6-2-3-7-21-35/h4-5,9-18,23H,2-3,6-8,19-22,24H2,1H3,(H,34,37)/p+1. The number of anilines is 1. The molecule has 202 valence electrons. The van der Waals surface area contributed by atoms with Crippen molar-refractivity contribution in [2.75, 3.05) is 31.1 Å². The number of aryl methyl sites for hydroxylation is 1. The van der Waals surface area contributed by atoms with Gasteiger partial charge < -0.3 is 15.0 Å². The molecule has 6 nitrogen and oxygen atoms in total. The van der Waals surface area contributed by atoms with Crippen LogP contribution in [0.4, 0.5) is 5.69 Å². The van der Waals surface area contributed by atoms with Crippen LogP contribution in [0.2, 0.25) is 0 Å². The van der Waals surface area contributed by atoms with Gasteiger partial charge in [-0.3, -0.25) is 14.5 Å². The maximum Gasteiger partial charge on any atom is 0.294 e. The van der Waals surface area contributed by atoms with Gasteiger partial charge in [-0.2, -0.15) is 0 Å². The monoisotopic (exact) mass is 524 g/mol. The highest BCUT2D eigenvalue weighted by Crippen LogP contribution is 2.36. The highest BCUT2D eigenvalue weighted by atomic mass is 16.5. The Balaban J connectivity index is 1.22. The zero-order chi connectivity index (χ0) is 27.0. The highest BCUT2D eigenvalue weighted by Gasteiger charge is 2.30. The van der Waals surface area contributed by atoms with Crippen molar-refractivity contribution < 1.29 is 19.2 Å². The molecule has 3 aromatic carbocycles. The summed E-state index contributed by atoms with van der Waals surface area (Å²) in [6.07, 6.45) is 8.08. The number of quaternary nitrogens is 1. The molecule has 0 saturated carbocycles. The zero-order valence-corrected chi connectivity index (χ0v) is 22.7. The van der Waals surface area contributed by atoms with Crippen LogP contribution in [-0.4, -0.2) is 38.0 Å². The number of amides is 2. The van der Waals surface area contributed by atoms with E-state index in [1.807, 2.05) is 55.5 Å². The van der Waals surface area contributed by atoms with E-state index in [-0.39, 0.29) is 17.6 Å². The largest absolute Gasteiger partial charge is 0.449 e. The molecule has 0 spiro atoms. The molecule has 2 heterocycles. The second-order valence-corrected chi connectivity index (χ2v) is 10.6. The summed E-state index contributed by atoms with van der Waals surface area (Å²) in [5.41, 5.74) is 4.40. The molecule has 1 fully saturated rings. The Kier molecular flexibility index (Phi) is 8.74. The number of fused-ring (bicyclic) bond motifs is 1. The molecule has 0 unspecified atom stereocenters. The van der Waals surface area contributed by atoms with E-state index in [1.165, 1.54) is 44.3 Å². The average molecular weight is 525 g/mol. The van der Waals surface area contributed by atoms with Gasteiger partial charge in [-0.05, 0) is 74.1 Å². The minimum Gasteiger partial charge on any atom is -0.449 e. The van der Waals surface area contributed by atoms with E-state index < -0.39 is 0 Å². The first-order valence-corrected chi connectivity index (χ1v) is 14.1. The fourth-order valence-corrected chi connectivity index (χ4v) is 5.30. The molecule has 2 N–H and O–H groups in total. The molecule has 0 aliphatic carbocycles. The number of nitrogens with zero attached hydrogens (tertiary/aromatic N) is 1. The number of likely N-dealkylation sites (tertiary alicyclic amines) is 1. The van der Waals surface area contributed by atoms with E-state index in [0.717, 1.165) is 29.8 Å². The Morgan fingerprint density at radius 2 is 1.67 bits per heavy atom. The highest BCUT2D eigenvalue weighted by molar-refractivity contribution is 6.09. The first-order chi connectivity index (χ1) is 19.1. The molecule has 5 rings (SSSR count). The molecule has 2 aliphatic heterocycles. The van der Waals surface area contributed by atoms with Crippen LogP contribution in [0.5, 0.6) is 5.75 Å². The van der Waals surface area contributed by atoms with E-state index in [9.17, 15) is 9.59 Å². The number of carbonyl (C=O) groups excluding carboxylic acids is 2. The predicted molar refractivity (Wildman–Crippen MR) is 155 cm³/mol. The third kappa shape index (κ3) is 6.95. The van der Waals surface area contributed by atoms with Crippen molar-refractivity contribution in [2.24, 2.45) is 0 Å². The molecule has 3 aromatic rings. The molecule has 0 aromatic heterocycles. The lowest BCUT2D eigenvalue weighted by atomic mass is 10.1. The predicted octanol–water partition coefficient (Wildman–Crippen LogP) is 4.54. The van der Waals surface area contributed by atoms with Gasteiger partial charge in [0.05, 0.1) is 31.9 Å². The summed E-state index contributed by atoms with van der Waals surface area (Å²) in [6.45, 7) is 6.82. The van der Waals surface area contributed by atoms with Gasteiger partial charge in [-0.15, -0.1) is 0 Å². The van der Waals surface area contributed by atoms with E-state index >= 15 is 0 Å². The fraction of sp³-hybridized carbons (Fsp3) is 0.333. The van der Waals surface area contributed by atoms with Crippen LogP contribution >= 0.6 is 0 Å². The van der Waals surface area contributed by atoms with Crippen LogP contribution in [0.25, 0.3) is 6.08 Å². The van der Waals surface area contributed by atoms with Crippen LogP contribution in [-0.2, 0) is 11.3 Å². The minimum atomic E-state index is -0.192. The Hall–Kier alpha value is -3.90. The van der Waals surface area contributed by atoms with Gasteiger partial charge in [-0.1, -0.05) is 54.1 Å². The third-order valence-electron chi connectivity index (χ3n) is 7.57. The molecule has 2 amide bonds. The van der Waals surface area contributed by atoms with Crippen LogP contribution in [0.15, 0.2) is 78.6 Å². The van der Waals surface area contributed by atoms with Crippen molar-refractivity contribution in [3.63, 3.8) is 0 Å². The Labute approximate surface area is 231 Å². The second-order valence-electron chi connectivity index (χ2n) is 10.6. The van der Waals surface area contributed by atoms with E-state index in [0.29, 0.717) is 24.4 Å². The van der Waals surface area contributed by atoms with Crippen LogP contribution in [0, 0.1) is 6.92 Å². The molecule has 0 bridgehead atoms. The van der Waals surface area contributed by atoms with Gasteiger partial charge in [0.1, 0.15) is 0 Å². The molecule has 0 atom stereocenters. The van der Waals surface area contributed by atoms with Gasteiger partial charge in [0, 0.05) is 18.5 Å². The first kappa shape index (κ1) is 26.7. The maximum absolute atomic E-state index is 13.5. The number of nitrogens with one attached hydrogen (secondary N) is 2. The number of hydrogen-bond donors (Lipinski definition) is 2. The Morgan fingerprint density at radius 1 is 0.949 bits per heavy atom. The first-order valence-electron chi connectivity index (χ1n) is 14.1. The Morgan fingerprint density at radius 3 is 2.41 bits per heavy atom.